The van der Waals surface area contributed by atoms with E-state index in [1.54, 1.807) is 12.1 Å². The highest BCUT2D eigenvalue weighted by molar-refractivity contribution is 7.10. The van der Waals surface area contributed by atoms with Gasteiger partial charge in [0, 0.05) is 16.8 Å². The zero-order chi connectivity index (χ0) is 20.0. The van der Waals surface area contributed by atoms with Crippen LogP contribution < -0.4 is 15.4 Å². The van der Waals surface area contributed by atoms with E-state index in [0.717, 1.165) is 4.88 Å². The SMILES string of the molecule is CC(=O)NC(CC(=O)Nc1cc(Cl)ccc1OCC(F)(F)F)c1cccs1. The predicted molar refractivity (Wildman–Crippen MR) is 97.1 cm³/mol. The van der Waals surface area contributed by atoms with Crippen molar-refractivity contribution in [3.63, 3.8) is 0 Å². The number of nitrogens with one attached hydrogen (secondary N) is 2. The van der Waals surface area contributed by atoms with Crippen molar-refractivity contribution in [1.82, 2.24) is 5.32 Å². The van der Waals surface area contributed by atoms with E-state index in [9.17, 15) is 22.8 Å². The maximum Gasteiger partial charge on any atom is 0.422 e. The van der Waals surface area contributed by atoms with Crippen LogP contribution in [0.3, 0.4) is 0 Å². The van der Waals surface area contributed by atoms with Crippen molar-refractivity contribution >= 4 is 40.4 Å². The first-order chi connectivity index (χ1) is 12.6. The zero-order valence-corrected chi connectivity index (χ0v) is 15.7. The predicted octanol–water partition coefficient (Wildman–Crippen LogP) is 4.55. The molecule has 1 unspecified atom stereocenters. The summed E-state index contributed by atoms with van der Waals surface area (Å²) in [5.74, 6) is -0.975. The third kappa shape index (κ3) is 7.10. The van der Waals surface area contributed by atoms with E-state index in [1.807, 2.05) is 5.38 Å². The molecule has 0 spiro atoms. The maximum atomic E-state index is 12.4. The Kier molecular flexibility index (Phi) is 7.09. The topological polar surface area (TPSA) is 67.4 Å². The second-order valence-corrected chi connectivity index (χ2v) is 6.98. The van der Waals surface area contributed by atoms with Crippen molar-refractivity contribution in [2.45, 2.75) is 25.6 Å². The fourth-order valence-electron chi connectivity index (χ4n) is 2.23. The van der Waals surface area contributed by atoms with Crippen LogP contribution in [0.1, 0.15) is 24.3 Å². The van der Waals surface area contributed by atoms with E-state index in [1.165, 1.54) is 36.5 Å². The van der Waals surface area contributed by atoms with Gasteiger partial charge in [-0.1, -0.05) is 17.7 Å². The molecule has 1 aromatic carbocycles. The minimum absolute atomic E-state index is 0.0181. The van der Waals surface area contributed by atoms with Crippen molar-refractivity contribution < 1.29 is 27.5 Å². The van der Waals surface area contributed by atoms with E-state index in [-0.39, 0.29) is 28.8 Å². The van der Waals surface area contributed by atoms with Crippen LogP contribution in [0.2, 0.25) is 5.02 Å². The number of rotatable bonds is 7. The Labute approximate surface area is 162 Å². The lowest BCUT2D eigenvalue weighted by Gasteiger charge is -2.18. The summed E-state index contributed by atoms with van der Waals surface area (Å²) >= 11 is 7.23. The second-order valence-electron chi connectivity index (χ2n) is 5.57. The number of carbonyl (C=O) groups excluding carboxylic acids is 2. The van der Waals surface area contributed by atoms with E-state index in [4.69, 9.17) is 16.3 Å². The molecule has 1 aromatic heterocycles. The number of halogens is 4. The first-order valence-electron chi connectivity index (χ1n) is 7.73. The van der Waals surface area contributed by atoms with Gasteiger partial charge in [-0.25, -0.2) is 0 Å². The standard InChI is InChI=1S/C17H16ClF3N2O3S/c1-10(24)22-13(15-3-2-6-27-15)8-16(25)23-12-7-11(18)4-5-14(12)26-9-17(19,20)21/h2-7,13H,8-9H2,1H3,(H,22,24)(H,23,25). The molecule has 5 nitrogen and oxygen atoms in total. The molecule has 1 heterocycles. The van der Waals surface area contributed by atoms with Crippen molar-refractivity contribution in [1.29, 1.82) is 0 Å². The van der Waals surface area contributed by atoms with Crippen LogP contribution in [0.15, 0.2) is 35.7 Å². The summed E-state index contributed by atoms with van der Waals surface area (Å²) in [5.41, 5.74) is 0.0181. The molecule has 0 aliphatic rings. The lowest BCUT2D eigenvalue weighted by atomic mass is 10.1. The first-order valence-corrected chi connectivity index (χ1v) is 8.99. The summed E-state index contributed by atoms with van der Waals surface area (Å²) in [6.45, 7) is -0.167. The smallest absolute Gasteiger partial charge is 0.422 e. The number of benzene rings is 1. The molecule has 0 saturated heterocycles. The molecule has 27 heavy (non-hydrogen) atoms. The summed E-state index contributed by atoms with van der Waals surface area (Å²) < 4.78 is 41.9. The summed E-state index contributed by atoms with van der Waals surface area (Å²) in [5, 5.41) is 7.20. The number of anilines is 1. The minimum atomic E-state index is -4.52. The van der Waals surface area contributed by atoms with Gasteiger partial charge in [-0.15, -0.1) is 11.3 Å². The summed E-state index contributed by atoms with van der Waals surface area (Å²) in [7, 11) is 0. The molecule has 146 valence electrons. The van der Waals surface area contributed by atoms with Crippen LogP contribution in [0.5, 0.6) is 5.75 Å². The molecule has 10 heteroatoms. The Morgan fingerprint density at radius 3 is 2.63 bits per heavy atom. The van der Waals surface area contributed by atoms with Crippen LogP contribution in [-0.2, 0) is 9.59 Å². The van der Waals surface area contributed by atoms with Gasteiger partial charge in [0.1, 0.15) is 5.75 Å². The van der Waals surface area contributed by atoms with Gasteiger partial charge in [0.15, 0.2) is 6.61 Å². The summed E-state index contributed by atoms with van der Waals surface area (Å²) in [6, 6.07) is 6.90. The normalized spacial score (nSPS) is 12.3. The molecular formula is C17H16ClF3N2O3S. The molecule has 1 atom stereocenters. The molecule has 2 N–H and O–H groups in total. The lowest BCUT2D eigenvalue weighted by molar-refractivity contribution is -0.153. The van der Waals surface area contributed by atoms with Gasteiger partial charge in [-0.2, -0.15) is 13.2 Å². The average molecular weight is 421 g/mol. The molecule has 2 amide bonds. The van der Waals surface area contributed by atoms with Gasteiger partial charge in [0.05, 0.1) is 18.2 Å². The molecular weight excluding hydrogens is 405 g/mol. The Morgan fingerprint density at radius 2 is 2.04 bits per heavy atom. The molecule has 0 radical (unpaired) electrons. The Bertz CT molecular complexity index is 797. The third-order valence-electron chi connectivity index (χ3n) is 3.26. The van der Waals surface area contributed by atoms with Gasteiger partial charge in [0.25, 0.3) is 0 Å². The molecule has 0 aliphatic carbocycles. The molecule has 0 saturated carbocycles. The fourth-order valence-corrected chi connectivity index (χ4v) is 3.18. The molecule has 0 fully saturated rings. The largest absolute Gasteiger partial charge is 0.482 e. The Hall–Kier alpha value is -2.26. The fraction of sp³-hybridized carbons (Fsp3) is 0.294. The van der Waals surface area contributed by atoms with Crippen molar-refractivity contribution in [3.8, 4) is 5.75 Å². The minimum Gasteiger partial charge on any atom is -0.482 e. The van der Waals surface area contributed by atoms with Crippen LogP contribution in [0.25, 0.3) is 0 Å². The highest BCUT2D eigenvalue weighted by atomic mass is 35.5. The van der Waals surface area contributed by atoms with Gasteiger partial charge >= 0.3 is 6.18 Å². The average Bonchev–Trinajstić information content (AvgIpc) is 3.06. The van der Waals surface area contributed by atoms with E-state index in [2.05, 4.69) is 10.6 Å². The number of hydrogen-bond acceptors (Lipinski definition) is 4. The number of amides is 2. The number of ether oxygens (including phenoxy) is 1. The van der Waals surface area contributed by atoms with Gasteiger partial charge in [-0.3, -0.25) is 9.59 Å². The van der Waals surface area contributed by atoms with Gasteiger partial charge in [-0.05, 0) is 29.6 Å². The number of thiophene rings is 1. The lowest BCUT2D eigenvalue weighted by Crippen LogP contribution is -2.29. The number of alkyl halides is 3. The summed E-state index contributed by atoms with van der Waals surface area (Å²) in [4.78, 5) is 24.5. The highest BCUT2D eigenvalue weighted by Gasteiger charge is 2.29. The van der Waals surface area contributed by atoms with Crippen LogP contribution in [0.4, 0.5) is 18.9 Å². The highest BCUT2D eigenvalue weighted by Crippen LogP contribution is 2.30. The zero-order valence-electron chi connectivity index (χ0n) is 14.1. The Morgan fingerprint density at radius 1 is 1.30 bits per heavy atom. The quantitative estimate of drug-likeness (QED) is 0.690. The number of carbonyl (C=O) groups is 2. The second kappa shape index (κ2) is 9.09. The van der Waals surface area contributed by atoms with E-state index < -0.39 is 24.7 Å². The van der Waals surface area contributed by atoms with E-state index >= 15 is 0 Å². The van der Waals surface area contributed by atoms with Crippen molar-refractivity contribution in [2.75, 3.05) is 11.9 Å². The third-order valence-corrected chi connectivity index (χ3v) is 4.48. The Balaban J connectivity index is 2.11. The van der Waals surface area contributed by atoms with Gasteiger partial charge < -0.3 is 15.4 Å². The molecule has 2 rings (SSSR count). The maximum absolute atomic E-state index is 12.4. The van der Waals surface area contributed by atoms with Gasteiger partial charge in [0.2, 0.25) is 11.8 Å². The molecule has 2 aromatic rings. The molecule has 0 aliphatic heterocycles. The van der Waals surface area contributed by atoms with E-state index in [0.29, 0.717) is 0 Å². The van der Waals surface area contributed by atoms with Crippen molar-refractivity contribution in [2.24, 2.45) is 0 Å². The first kappa shape index (κ1) is 21.0. The molecule has 0 bridgehead atoms. The summed E-state index contributed by atoms with van der Waals surface area (Å²) in [6.07, 6.45) is -4.62. The number of hydrogen-bond donors (Lipinski definition) is 2. The monoisotopic (exact) mass is 420 g/mol. The van der Waals surface area contributed by atoms with Crippen LogP contribution in [-0.4, -0.2) is 24.6 Å². The van der Waals surface area contributed by atoms with Crippen LogP contribution >= 0.6 is 22.9 Å². The van der Waals surface area contributed by atoms with Crippen molar-refractivity contribution in [3.05, 3.63) is 45.6 Å². The van der Waals surface area contributed by atoms with Crippen LogP contribution in [0, 0.1) is 0 Å².